The number of anilines is 1. The first-order valence-electron chi connectivity index (χ1n) is 8.51. The van der Waals surface area contributed by atoms with E-state index in [1.807, 2.05) is 12.1 Å². The highest BCUT2D eigenvalue weighted by atomic mass is 16.5. The molecular weight excluding hydrogens is 332 g/mol. The average Bonchev–Trinajstić information content (AvgIpc) is 3.46. The summed E-state index contributed by atoms with van der Waals surface area (Å²) < 4.78 is 10.5. The van der Waals surface area contributed by atoms with Gasteiger partial charge in [-0.3, -0.25) is 9.59 Å². The van der Waals surface area contributed by atoms with Crippen molar-refractivity contribution >= 4 is 17.5 Å². The summed E-state index contributed by atoms with van der Waals surface area (Å²) >= 11 is 0. The Morgan fingerprint density at radius 3 is 2.15 bits per heavy atom. The number of hydrogen-bond acceptors (Lipinski definition) is 4. The van der Waals surface area contributed by atoms with Crippen LogP contribution in [0.1, 0.15) is 28.8 Å². The van der Waals surface area contributed by atoms with E-state index in [1.54, 1.807) is 30.3 Å². The van der Waals surface area contributed by atoms with Crippen molar-refractivity contribution in [3.63, 3.8) is 0 Å². The summed E-state index contributed by atoms with van der Waals surface area (Å²) in [6.07, 6.45) is 2.48. The van der Waals surface area contributed by atoms with Gasteiger partial charge in [0.2, 0.25) is 5.91 Å². The van der Waals surface area contributed by atoms with Crippen molar-refractivity contribution < 1.29 is 19.1 Å². The van der Waals surface area contributed by atoms with E-state index in [0.29, 0.717) is 35.2 Å². The maximum atomic E-state index is 12.6. The molecule has 0 radical (unpaired) electrons. The molecule has 0 atom stereocenters. The zero-order valence-corrected chi connectivity index (χ0v) is 14.9. The highest BCUT2D eigenvalue weighted by Crippen LogP contribution is 2.29. The Labute approximate surface area is 152 Å². The Balaban J connectivity index is 1.67. The molecule has 136 valence electrons. The molecule has 26 heavy (non-hydrogen) atoms. The molecule has 0 aliphatic heterocycles. The maximum Gasteiger partial charge on any atom is 0.263 e. The fourth-order valence-corrected chi connectivity index (χ4v) is 2.67. The van der Waals surface area contributed by atoms with E-state index >= 15 is 0 Å². The number of ether oxygens (including phenoxy) is 2. The van der Waals surface area contributed by atoms with Crippen molar-refractivity contribution in [2.45, 2.75) is 25.3 Å². The first-order valence-corrected chi connectivity index (χ1v) is 8.51. The third kappa shape index (κ3) is 4.33. The Hall–Kier alpha value is -3.02. The molecule has 0 aromatic heterocycles. The van der Waals surface area contributed by atoms with Crippen LogP contribution in [-0.2, 0) is 11.2 Å². The molecule has 0 unspecified atom stereocenters. The lowest BCUT2D eigenvalue weighted by molar-refractivity contribution is -0.120. The van der Waals surface area contributed by atoms with Gasteiger partial charge in [0.15, 0.2) is 0 Å². The molecule has 2 aromatic rings. The third-order valence-electron chi connectivity index (χ3n) is 4.17. The van der Waals surface area contributed by atoms with Gasteiger partial charge in [0.05, 0.1) is 20.6 Å². The van der Waals surface area contributed by atoms with Crippen molar-refractivity contribution in [2.75, 3.05) is 19.5 Å². The van der Waals surface area contributed by atoms with E-state index < -0.39 is 0 Å². The first kappa shape index (κ1) is 17.8. The summed E-state index contributed by atoms with van der Waals surface area (Å²) in [7, 11) is 3.01. The molecule has 6 heteroatoms. The molecule has 1 aliphatic carbocycles. The minimum absolute atomic E-state index is 0.0306. The van der Waals surface area contributed by atoms with Gasteiger partial charge in [-0.2, -0.15) is 0 Å². The molecule has 6 nitrogen and oxygen atoms in total. The third-order valence-corrected chi connectivity index (χ3v) is 4.17. The minimum Gasteiger partial charge on any atom is -0.496 e. The van der Waals surface area contributed by atoms with Crippen molar-refractivity contribution in [2.24, 2.45) is 0 Å². The van der Waals surface area contributed by atoms with Crippen LogP contribution in [0.5, 0.6) is 11.5 Å². The Bertz CT molecular complexity index is 776. The van der Waals surface area contributed by atoms with Gasteiger partial charge in [-0.25, -0.2) is 0 Å². The number of amides is 2. The molecule has 3 rings (SSSR count). The molecule has 0 bridgehead atoms. The highest BCUT2D eigenvalue weighted by Gasteiger charge is 2.23. The summed E-state index contributed by atoms with van der Waals surface area (Å²) in [6.45, 7) is 0. The van der Waals surface area contributed by atoms with Crippen molar-refractivity contribution in [3.8, 4) is 11.5 Å². The number of nitrogens with one attached hydrogen (secondary N) is 2. The van der Waals surface area contributed by atoms with E-state index in [-0.39, 0.29) is 11.8 Å². The van der Waals surface area contributed by atoms with Crippen LogP contribution in [0, 0.1) is 0 Å². The van der Waals surface area contributed by atoms with Crippen LogP contribution < -0.4 is 20.1 Å². The van der Waals surface area contributed by atoms with E-state index in [0.717, 1.165) is 18.4 Å². The van der Waals surface area contributed by atoms with Gasteiger partial charge in [0, 0.05) is 11.7 Å². The quantitative estimate of drug-likeness (QED) is 0.802. The zero-order valence-electron chi connectivity index (χ0n) is 14.9. The van der Waals surface area contributed by atoms with Gasteiger partial charge in [0.1, 0.15) is 17.1 Å². The molecule has 2 aromatic carbocycles. The maximum absolute atomic E-state index is 12.6. The molecule has 2 N–H and O–H groups in total. The monoisotopic (exact) mass is 354 g/mol. The largest absolute Gasteiger partial charge is 0.496 e. The summed E-state index contributed by atoms with van der Waals surface area (Å²) in [4.78, 5) is 24.5. The molecule has 1 saturated carbocycles. The molecule has 0 spiro atoms. The van der Waals surface area contributed by atoms with Crippen molar-refractivity contribution in [3.05, 3.63) is 53.6 Å². The molecule has 2 amide bonds. The molecule has 0 heterocycles. The second-order valence-corrected chi connectivity index (χ2v) is 6.21. The molecule has 1 aliphatic rings. The van der Waals surface area contributed by atoms with Gasteiger partial charge in [-0.15, -0.1) is 0 Å². The number of methoxy groups -OCH3 is 2. The van der Waals surface area contributed by atoms with Crippen LogP contribution in [0.2, 0.25) is 0 Å². The number of benzene rings is 2. The standard InChI is InChI=1S/C20H22N2O4/c1-25-16-4-3-5-17(26-2)19(16)20(24)22-15-8-6-13(7-9-15)12-18(23)21-14-10-11-14/h3-9,14H,10-12H2,1-2H3,(H,21,23)(H,22,24). The lowest BCUT2D eigenvalue weighted by Gasteiger charge is -2.13. The molecular formula is C20H22N2O4. The van der Waals surface area contributed by atoms with E-state index in [4.69, 9.17) is 9.47 Å². The van der Waals surface area contributed by atoms with E-state index in [9.17, 15) is 9.59 Å². The summed E-state index contributed by atoms with van der Waals surface area (Å²) in [5.41, 5.74) is 1.87. The first-order chi connectivity index (χ1) is 12.6. The fourth-order valence-electron chi connectivity index (χ4n) is 2.67. The number of carbonyl (C=O) groups is 2. The second-order valence-electron chi connectivity index (χ2n) is 6.21. The topological polar surface area (TPSA) is 76.7 Å². The normalized spacial score (nSPS) is 13.0. The van der Waals surface area contributed by atoms with E-state index in [2.05, 4.69) is 10.6 Å². The predicted octanol–water partition coefficient (Wildman–Crippen LogP) is 2.78. The van der Waals surface area contributed by atoms with E-state index in [1.165, 1.54) is 14.2 Å². The Morgan fingerprint density at radius 1 is 1.00 bits per heavy atom. The average molecular weight is 354 g/mol. The van der Waals surface area contributed by atoms with Crippen LogP contribution in [0.25, 0.3) is 0 Å². The molecule has 1 fully saturated rings. The highest BCUT2D eigenvalue weighted by molar-refractivity contribution is 6.08. The van der Waals surface area contributed by atoms with Crippen LogP contribution in [0.3, 0.4) is 0 Å². The minimum atomic E-state index is -0.321. The SMILES string of the molecule is COc1cccc(OC)c1C(=O)Nc1ccc(CC(=O)NC2CC2)cc1. The van der Waals surface area contributed by atoms with Gasteiger partial charge in [0.25, 0.3) is 5.91 Å². The predicted molar refractivity (Wildman–Crippen MR) is 98.8 cm³/mol. The van der Waals surface area contributed by atoms with Crippen molar-refractivity contribution in [1.82, 2.24) is 5.32 Å². The lowest BCUT2D eigenvalue weighted by atomic mass is 10.1. The summed E-state index contributed by atoms with van der Waals surface area (Å²) in [5, 5.41) is 5.79. The Kier molecular flexibility index (Phi) is 5.41. The molecule has 0 saturated heterocycles. The van der Waals surface area contributed by atoms with Gasteiger partial charge in [-0.1, -0.05) is 18.2 Å². The van der Waals surface area contributed by atoms with Crippen LogP contribution in [0.15, 0.2) is 42.5 Å². The number of carbonyl (C=O) groups excluding carboxylic acids is 2. The van der Waals surface area contributed by atoms with Gasteiger partial charge >= 0.3 is 0 Å². The second kappa shape index (κ2) is 7.91. The smallest absolute Gasteiger partial charge is 0.263 e. The summed E-state index contributed by atoms with van der Waals surface area (Å²) in [5.74, 6) is 0.590. The van der Waals surface area contributed by atoms with Crippen LogP contribution in [-0.4, -0.2) is 32.1 Å². The fraction of sp³-hybridized carbons (Fsp3) is 0.300. The van der Waals surface area contributed by atoms with Gasteiger partial charge < -0.3 is 20.1 Å². The summed E-state index contributed by atoms with van der Waals surface area (Å²) in [6, 6.07) is 12.8. The zero-order chi connectivity index (χ0) is 18.5. The number of rotatable bonds is 7. The van der Waals surface area contributed by atoms with Crippen molar-refractivity contribution in [1.29, 1.82) is 0 Å². The number of hydrogen-bond donors (Lipinski definition) is 2. The Morgan fingerprint density at radius 2 is 1.62 bits per heavy atom. The van der Waals surface area contributed by atoms with Crippen LogP contribution >= 0.6 is 0 Å². The van der Waals surface area contributed by atoms with Gasteiger partial charge in [-0.05, 0) is 42.7 Å². The lowest BCUT2D eigenvalue weighted by Crippen LogP contribution is -2.26. The van der Waals surface area contributed by atoms with Crippen LogP contribution in [0.4, 0.5) is 5.69 Å².